The molecule has 0 spiro atoms. The molecule has 1 N–H and O–H groups in total. The van der Waals surface area contributed by atoms with Crippen LogP contribution in [-0.2, 0) is 18.4 Å². The summed E-state index contributed by atoms with van der Waals surface area (Å²) in [4.78, 5) is 14.8. The zero-order chi connectivity index (χ0) is 21.8. The second-order valence-electron chi connectivity index (χ2n) is 7.68. The van der Waals surface area contributed by atoms with E-state index in [0.29, 0.717) is 17.5 Å². The predicted molar refractivity (Wildman–Crippen MR) is 118 cm³/mol. The van der Waals surface area contributed by atoms with E-state index in [2.05, 4.69) is 25.5 Å². The zero-order valence-corrected chi connectivity index (χ0v) is 18.5. The van der Waals surface area contributed by atoms with Gasteiger partial charge in [0.05, 0.1) is 18.0 Å². The third kappa shape index (κ3) is 5.31. The molecule has 1 aliphatic rings. The van der Waals surface area contributed by atoms with Gasteiger partial charge in [-0.2, -0.15) is 5.10 Å². The lowest BCUT2D eigenvalue weighted by atomic mass is 10.1. The highest BCUT2D eigenvalue weighted by molar-refractivity contribution is 7.99. The van der Waals surface area contributed by atoms with Crippen LogP contribution in [0.2, 0.25) is 0 Å². The van der Waals surface area contributed by atoms with Crippen LogP contribution in [-0.4, -0.2) is 54.2 Å². The summed E-state index contributed by atoms with van der Waals surface area (Å²) in [5, 5.41) is 16.4. The average Bonchev–Trinajstić information content (AvgIpc) is 3.29. The van der Waals surface area contributed by atoms with Crippen LogP contribution in [0.25, 0.3) is 5.69 Å². The highest BCUT2D eigenvalue weighted by Crippen LogP contribution is 2.24. The highest BCUT2D eigenvalue weighted by Gasteiger charge is 2.20. The van der Waals surface area contributed by atoms with E-state index >= 15 is 0 Å². The molecule has 164 valence electrons. The number of likely N-dealkylation sites (tertiary alicyclic amines) is 1. The number of piperidine rings is 1. The summed E-state index contributed by atoms with van der Waals surface area (Å²) in [6.45, 7) is 4.61. The summed E-state index contributed by atoms with van der Waals surface area (Å²) in [7, 11) is 1.79. The van der Waals surface area contributed by atoms with Crippen LogP contribution in [0.1, 0.15) is 30.8 Å². The molecular formula is C21H26FN7OS. The number of benzene rings is 1. The molecule has 1 saturated heterocycles. The molecule has 3 aromatic rings. The van der Waals surface area contributed by atoms with Gasteiger partial charge in [0.25, 0.3) is 0 Å². The van der Waals surface area contributed by atoms with E-state index in [-0.39, 0.29) is 17.5 Å². The largest absolute Gasteiger partial charge is 0.310 e. The van der Waals surface area contributed by atoms with E-state index in [1.165, 1.54) is 43.2 Å². The molecule has 3 heterocycles. The minimum absolute atomic E-state index is 0.153. The average molecular weight is 444 g/mol. The summed E-state index contributed by atoms with van der Waals surface area (Å²) in [5.41, 5.74) is 1.62. The summed E-state index contributed by atoms with van der Waals surface area (Å²) in [6, 6.07) is 8.08. The molecular weight excluding hydrogens is 417 g/mol. The Kier molecular flexibility index (Phi) is 6.67. The van der Waals surface area contributed by atoms with Crippen LogP contribution >= 0.6 is 11.8 Å². The van der Waals surface area contributed by atoms with E-state index in [1.54, 1.807) is 23.9 Å². The van der Waals surface area contributed by atoms with E-state index in [1.807, 2.05) is 17.6 Å². The summed E-state index contributed by atoms with van der Waals surface area (Å²) < 4.78 is 17.0. The van der Waals surface area contributed by atoms with Crippen molar-refractivity contribution >= 4 is 23.5 Å². The molecule has 8 nitrogen and oxygen atoms in total. The van der Waals surface area contributed by atoms with Gasteiger partial charge in [0.2, 0.25) is 5.91 Å². The maximum atomic E-state index is 13.5. The number of anilines is 1. The third-order valence-electron chi connectivity index (χ3n) is 5.20. The smallest absolute Gasteiger partial charge is 0.235 e. The summed E-state index contributed by atoms with van der Waals surface area (Å²) >= 11 is 1.30. The maximum Gasteiger partial charge on any atom is 0.235 e. The van der Waals surface area contributed by atoms with E-state index in [0.717, 1.165) is 30.3 Å². The molecule has 31 heavy (non-hydrogen) atoms. The van der Waals surface area contributed by atoms with Gasteiger partial charge in [0, 0.05) is 18.8 Å². The Balaban J connectivity index is 1.51. The summed E-state index contributed by atoms with van der Waals surface area (Å²) in [6.07, 6.45) is 3.62. The fourth-order valence-electron chi connectivity index (χ4n) is 3.70. The normalized spacial score (nSPS) is 14.7. The number of aryl methyl sites for hydroxylation is 2. The monoisotopic (exact) mass is 443 g/mol. The lowest BCUT2D eigenvalue weighted by Gasteiger charge is -2.26. The Morgan fingerprint density at radius 3 is 2.58 bits per heavy atom. The van der Waals surface area contributed by atoms with Crippen LogP contribution in [0.15, 0.2) is 35.5 Å². The number of carbonyl (C=O) groups excluding carboxylic acids is 1. The first-order valence-corrected chi connectivity index (χ1v) is 11.3. The van der Waals surface area contributed by atoms with Crippen molar-refractivity contribution in [2.24, 2.45) is 7.05 Å². The number of rotatable bonds is 7. The minimum Gasteiger partial charge on any atom is -0.310 e. The SMILES string of the molecule is Cc1cc(NC(=O)CSc2nnc(CN3CCCCC3)n2-c2ccc(F)cc2)n(C)n1. The van der Waals surface area contributed by atoms with Gasteiger partial charge in [0.1, 0.15) is 11.6 Å². The molecule has 4 rings (SSSR count). The first-order valence-electron chi connectivity index (χ1n) is 10.4. The van der Waals surface area contributed by atoms with Gasteiger partial charge in [-0.15, -0.1) is 10.2 Å². The standard InChI is InChI=1S/C21H26FN7OS/c1-15-12-18(27(2)26-15)23-20(30)14-31-21-25-24-19(13-28-10-4-3-5-11-28)29(21)17-8-6-16(22)7-9-17/h6-9,12H,3-5,10-11,13-14H2,1-2H3,(H,23,30). The molecule has 0 atom stereocenters. The lowest BCUT2D eigenvalue weighted by Crippen LogP contribution is -2.30. The van der Waals surface area contributed by atoms with E-state index in [4.69, 9.17) is 0 Å². The third-order valence-corrected chi connectivity index (χ3v) is 6.13. The Labute approximate surface area is 184 Å². The second-order valence-corrected chi connectivity index (χ2v) is 8.62. The first kappa shape index (κ1) is 21.5. The molecule has 0 radical (unpaired) electrons. The molecule has 1 fully saturated rings. The minimum atomic E-state index is -0.297. The van der Waals surface area contributed by atoms with Crippen molar-refractivity contribution in [3.05, 3.63) is 47.7 Å². The molecule has 10 heteroatoms. The van der Waals surface area contributed by atoms with Crippen LogP contribution < -0.4 is 5.32 Å². The van der Waals surface area contributed by atoms with Crippen LogP contribution in [0.3, 0.4) is 0 Å². The zero-order valence-electron chi connectivity index (χ0n) is 17.7. The van der Waals surface area contributed by atoms with E-state index < -0.39 is 0 Å². The Morgan fingerprint density at radius 1 is 1.16 bits per heavy atom. The second kappa shape index (κ2) is 9.61. The van der Waals surface area contributed by atoms with Crippen molar-refractivity contribution in [3.8, 4) is 5.69 Å². The molecule has 1 aliphatic heterocycles. The van der Waals surface area contributed by atoms with Crippen molar-refractivity contribution in [2.45, 2.75) is 37.9 Å². The number of nitrogens with zero attached hydrogens (tertiary/aromatic N) is 6. The number of hydrogen-bond acceptors (Lipinski definition) is 6. The van der Waals surface area contributed by atoms with Gasteiger partial charge in [0.15, 0.2) is 11.0 Å². The molecule has 1 amide bonds. The first-order chi connectivity index (χ1) is 15.0. The fourth-order valence-corrected chi connectivity index (χ4v) is 4.47. The van der Waals surface area contributed by atoms with Gasteiger partial charge in [-0.1, -0.05) is 18.2 Å². The maximum absolute atomic E-state index is 13.5. The molecule has 0 bridgehead atoms. The number of nitrogens with one attached hydrogen (secondary N) is 1. The Morgan fingerprint density at radius 2 is 1.90 bits per heavy atom. The number of amides is 1. The van der Waals surface area contributed by atoms with Crippen molar-refractivity contribution in [1.29, 1.82) is 0 Å². The quantitative estimate of drug-likeness (QED) is 0.565. The Hall–Kier alpha value is -2.72. The van der Waals surface area contributed by atoms with Crippen LogP contribution in [0.5, 0.6) is 0 Å². The highest BCUT2D eigenvalue weighted by atomic mass is 32.2. The topological polar surface area (TPSA) is 80.9 Å². The number of aromatic nitrogens is 5. The van der Waals surface area contributed by atoms with Gasteiger partial charge >= 0.3 is 0 Å². The van der Waals surface area contributed by atoms with Gasteiger partial charge < -0.3 is 5.32 Å². The number of halogens is 1. The summed E-state index contributed by atoms with van der Waals surface area (Å²) in [5.74, 6) is 1.16. The van der Waals surface area contributed by atoms with Crippen LogP contribution in [0, 0.1) is 12.7 Å². The van der Waals surface area contributed by atoms with Crippen LogP contribution in [0.4, 0.5) is 10.2 Å². The lowest BCUT2D eigenvalue weighted by molar-refractivity contribution is -0.113. The molecule has 0 saturated carbocycles. The van der Waals surface area contributed by atoms with Crippen molar-refractivity contribution in [2.75, 3.05) is 24.2 Å². The molecule has 0 aliphatic carbocycles. The van der Waals surface area contributed by atoms with E-state index in [9.17, 15) is 9.18 Å². The number of hydrogen-bond donors (Lipinski definition) is 1. The Bertz CT molecular complexity index is 1040. The van der Waals surface area contributed by atoms with Gasteiger partial charge in [-0.25, -0.2) is 4.39 Å². The predicted octanol–water partition coefficient (Wildman–Crippen LogP) is 3.17. The van der Waals surface area contributed by atoms with Gasteiger partial charge in [-0.3, -0.25) is 18.9 Å². The number of thioether (sulfide) groups is 1. The molecule has 0 unspecified atom stereocenters. The number of carbonyl (C=O) groups is 1. The van der Waals surface area contributed by atoms with Gasteiger partial charge in [-0.05, 0) is 57.1 Å². The molecule has 1 aromatic carbocycles. The van der Waals surface area contributed by atoms with Crippen molar-refractivity contribution in [3.63, 3.8) is 0 Å². The van der Waals surface area contributed by atoms with Crippen molar-refractivity contribution in [1.82, 2.24) is 29.4 Å². The fraction of sp³-hybridized carbons (Fsp3) is 0.429. The molecule has 2 aromatic heterocycles. The van der Waals surface area contributed by atoms with Crippen molar-refractivity contribution < 1.29 is 9.18 Å².